The zero-order chi connectivity index (χ0) is 17.6. The zero-order valence-electron chi connectivity index (χ0n) is 13.6. The Morgan fingerprint density at radius 3 is 2.58 bits per heavy atom. The molecule has 0 bridgehead atoms. The molecule has 1 amide bonds. The Morgan fingerprint density at radius 2 is 1.88 bits per heavy atom. The number of rotatable bonds is 7. The molecule has 0 fully saturated rings. The summed E-state index contributed by atoms with van der Waals surface area (Å²) in [6.45, 7) is 1.86. The van der Waals surface area contributed by atoms with Crippen LogP contribution in [0.5, 0.6) is 5.75 Å². The molecule has 7 heteroatoms. The quantitative estimate of drug-likeness (QED) is 0.805. The van der Waals surface area contributed by atoms with E-state index in [0.717, 1.165) is 5.56 Å². The maximum atomic E-state index is 12.3. The highest BCUT2D eigenvalue weighted by Gasteiger charge is 2.11. The van der Waals surface area contributed by atoms with Crippen molar-refractivity contribution < 1.29 is 17.9 Å². The number of sulfonamides is 1. The topological polar surface area (TPSA) is 84.5 Å². The van der Waals surface area contributed by atoms with Gasteiger partial charge in [0.2, 0.25) is 10.0 Å². The molecule has 0 atom stereocenters. The predicted molar refractivity (Wildman–Crippen MR) is 93.7 cm³/mol. The van der Waals surface area contributed by atoms with Crippen LogP contribution in [0.1, 0.15) is 22.8 Å². The molecule has 2 aromatic rings. The molecule has 2 aromatic carbocycles. The van der Waals surface area contributed by atoms with E-state index < -0.39 is 10.0 Å². The fraction of sp³-hybridized carbons (Fsp3) is 0.235. The molecule has 0 aliphatic rings. The summed E-state index contributed by atoms with van der Waals surface area (Å²) in [4.78, 5) is 12.3. The van der Waals surface area contributed by atoms with Crippen molar-refractivity contribution in [3.8, 4) is 5.75 Å². The Labute approximate surface area is 141 Å². The Morgan fingerprint density at radius 1 is 1.12 bits per heavy atom. The molecular formula is C17H20N2O4S. The largest absolute Gasteiger partial charge is 0.496 e. The number of para-hydroxylation sites is 1. The molecule has 6 nitrogen and oxygen atoms in total. The first-order valence-electron chi connectivity index (χ1n) is 7.46. The van der Waals surface area contributed by atoms with Gasteiger partial charge in [0.1, 0.15) is 5.75 Å². The summed E-state index contributed by atoms with van der Waals surface area (Å²) in [6.07, 6.45) is 0. The molecule has 0 saturated heterocycles. The molecule has 0 unspecified atom stereocenters. The monoisotopic (exact) mass is 348 g/mol. The highest BCUT2D eigenvalue weighted by molar-refractivity contribution is 7.92. The van der Waals surface area contributed by atoms with E-state index in [-0.39, 0.29) is 11.7 Å². The molecule has 2 N–H and O–H groups in total. The summed E-state index contributed by atoms with van der Waals surface area (Å²) in [5.41, 5.74) is 1.60. The minimum atomic E-state index is -3.38. The SMILES string of the molecule is CCS(=O)(=O)Nc1cccc(C(=O)NCc2ccccc2OC)c1. The Balaban J connectivity index is 2.07. The van der Waals surface area contributed by atoms with Crippen LogP contribution in [0.3, 0.4) is 0 Å². The zero-order valence-corrected chi connectivity index (χ0v) is 14.4. The first-order valence-corrected chi connectivity index (χ1v) is 9.11. The van der Waals surface area contributed by atoms with Gasteiger partial charge in [0, 0.05) is 23.4 Å². The van der Waals surface area contributed by atoms with Crippen LogP contribution in [0.25, 0.3) is 0 Å². The van der Waals surface area contributed by atoms with Crippen LogP contribution in [0.2, 0.25) is 0 Å². The van der Waals surface area contributed by atoms with Crippen LogP contribution >= 0.6 is 0 Å². The number of ether oxygens (including phenoxy) is 1. The summed E-state index contributed by atoms with van der Waals surface area (Å²) in [5, 5.41) is 2.80. The van der Waals surface area contributed by atoms with Crippen LogP contribution in [0.15, 0.2) is 48.5 Å². The van der Waals surface area contributed by atoms with E-state index in [4.69, 9.17) is 4.74 Å². The van der Waals surface area contributed by atoms with Gasteiger partial charge >= 0.3 is 0 Å². The van der Waals surface area contributed by atoms with Crippen LogP contribution in [0, 0.1) is 0 Å². The van der Waals surface area contributed by atoms with E-state index in [2.05, 4.69) is 10.0 Å². The minimum absolute atomic E-state index is 0.0305. The van der Waals surface area contributed by atoms with E-state index in [0.29, 0.717) is 23.5 Å². The van der Waals surface area contributed by atoms with E-state index in [1.165, 1.54) is 6.07 Å². The summed E-state index contributed by atoms with van der Waals surface area (Å²) in [5.74, 6) is 0.373. The third kappa shape index (κ3) is 4.73. The lowest BCUT2D eigenvalue weighted by Gasteiger charge is -2.11. The summed E-state index contributed by atoms with van der Waals surface area (Å²) >= 11 is 0. The molecule has 0 aromatic heterocycles. The smallest absolute Gasteiger partial charge is 0.251 e. The van der Waals surface area contributed by atoms with Crippen LogP contribution < -0.4 is 14.8 Å². The number of anilines is 1. The second kappa shape index (κ2) is 7.83. The lowest BCUT2D eigenvalue weighted by molar-refractivity contribution is 0.0950. The van der Waals surface area contributed by atoms with Gasteiger partial charge in [0.05, 0.1) is 12.9 Å². The number of benzene rings is 2. The van der Waals surface area contributed by atoms with E-state index in [1.54, 1.807) is 32.2 Å². The van der Waals surface area contributed by atoms with Gasteiger partial charge in [-0.1, -0.05) is 24.3 Å². The number of carbonyl (C=O) groups is 1. The second-order valence-corrected chi connectivity index (χ2v) is 7.09. The van der Waals surface area contributed by atoms with Crippen molar-refractivity contribution in [1.29, 1.82) is 0 Å². The molecule has 0 heterocycles. The first-order chi connectivity index (χ1) is 11.4. The summed E-state index contributed by atoms with van der Waals surface area (Å²) in [7, 11) is -1.80. The van der Waals surface area contributed by atoms with Gasteiger partial charge < -0.3 is 10.1 Å². The third-order valence-corrected chi connectivity index (χ3v) is 4.72. The molecule has 0 saturated carbocycles. The normalized spacial score (nSPS) is 10.9. The highest BCUT2D eigenvalue weighted by Crippen LogP contribution is 2.17. The predicted octanol–water partition coefficient (Wildman–Crippen LogP) is 2.39. The van der Waals surface area contributed by atoms with Crippen molar-refractivity contribution in [2.45, 2.75) is 13.5 Å². The average Bonchev–Trinajstić information content (AvgIpc) is 2.59. The number of hydrogen-bond acceptors (Lipinski definition) is 4. The molecule has 24 heavy (non-hydrogen) atoms. The van der Waals surface area contributed by atoms with E-state index in [1.807, 2.05) is 24.3 Å². The summed E-state index contributed by atoms with van der Waals surface area (Å²) < 4.78 is 30.9. The Bertz CT molecular complexity index is 819. The second-order valence-electron chi connectivity index (χ2n) is 5.08. The molecule has 128 valence electrons. The number of amides is 1. The number of carbonyl (C=O) groups excluding carboxylic acids is 1. The van der Waals surface area contributed by atoms with Gasteiger partial charge in [-0.3, -0.25) is 9.52 Å². The number of hydrogen-bond donors (Lipinski definition) is 2. The molecule has 0 spiro atoms. The summed E-state index contributed by atoms with van der Waals surface area (Å²) in [6, 6.07) is 13.8. The Kier molecular flexibility index (Phi) is 5.81. The van der Waals surface area contributed by atoms with Crippen molar-refractivity contribution in [2.24, 2.45) is 0 Å². The fourth-order valence-electron chi connectivity index (χ4n) is 2.10. The van der Waals surface area contributed by atoms with Gasteiger partial charge in [0.15, 0.2) is 0 Å². The van der Waals surface area contributed by atoms with Crippen LogP contribution in [0.4, 0.5) is 5.69 Å². The standard InChI is InChI=1S/C17H20N2O4S/c1-3-24(21,22)19-15-9-6-8-13(11-15)17(20)18-12-14-7-4-5-10-16(14)23-2/h4-11,19H,3,12H2,1-2H3,(H,18,20). The lowest BCUT2D eigenvalue weighted by Crippen LogP contribution is -2.23. The van der Waals surface area contributed by atoms with Gasteiger partial charge in [-0.25, -0.2) is 8.42 Å². The first kappa shape index (κ1) is 17.8. The average molecular weight is 348 g/mol. The van der Waals surface area contributed by atoms with Crippen molar-refractivity contribution in [3.63, 3.8) is 0 Å². The van der Waals surface area contributed by atoms with E-state index in [9.17, 15) is 13.2 Å². The van der Waals surface area contributed by atoms with Crippen molar-refractivity contribution in [3.05, 3.63) is 59.7 Å². The number of methoxy groups -OCH3 is 1. The lowest BCUT2D eigenvalue weighted by atomic mass is 10.1. The van der Waals surface area contributed by atoms with Gasteiger partial charge in [0.25, 0.3) is 5.91 Å². The molecule has 0 aliphatic carbocycles. The third-order valence-electron chi connectivity index (χ3n) is 3.41. The highest BCUT2D eigenvalue weighted by atomic mass is 32.2. The molecule has 0 aliphatic heterocycles. The minimum Gasteiger partial charge on any atom is -0.496 e. The van der Waals surface area contributed by atoms with Crippen molar-refractivity contribution in [1.82, 2.24) is 5.32 Å². The van der Waals surface area contributed by atoms with Crippen molar-refractivity contribution >= 4 is 21.6 Å². The van der Waals surface area contributed by atoms with Crippen LogP contribution in [-0.2, 0) is 16.6 Å². The van der Waals surface area contributed by atoms with Crippen LogP contribution in [-0.4, -0.2) is 27.2 Å². The van der Waals surface area contributed by atoms with Gasteiger partial charge in [-0.05, 0) is 31.2 Å². The van der Waals surface area contributed by atoms with Crippen molar-refractivity contribution in [2.75, 3.05) is 17.6 Å². The molecule has 0 radical (unpaired) electrons. The van der Waals surface area contributed by atoms with E-state index >= 15 is 0 Å². The van der Waals surface area contributed by atoms with Gasteiger partial charge in [-0.2, -0.15) is 0 Å². The maximum Gasteiger partial charge on any atom is 0.251 e. The Hall–Kier alpha value is -2.54. The maximum absolute atomic E-state index is 12.3. The fourth-order valence-corrected chi connectivity index (χ4v) is 2.73. The molecular weight excluding hydrogens is 328 g/mol. The molecule has 2 rings (SSSR count). The number of nitrogens with one attached hydrogen (secondary N) is 2. The van der Waals surface area contributed by atoms with Gasteiger partial charge in [-0.15, -0.1) is 0 Å².